The van der Waals surface area contributed by atoms with Gasteiger partial charge in [0.25, 0.3) is 0 Å². The van der Waals surface area contributed by atoms with Crippen molar-refractivity contribution >= 4 is 27.3 Å². The molecule has 0 aliphatic carbocycles. The highest BCUT2D eigenvalue weighted by Gasteiger charge is 2.32. The summed E-state index contributed by atoms with van der Waals surface area (Å²) in [6.07, 6.45) is -0.0841. The lowest BCUT2D eigenvalue weighted by molar-refractivity contribution is -0.152. The van der Waals surface area contributed by atoms with Gasteiger partial charge in [-0.25, -0.2) is 17.2 Å². The van der Waals surface area contributed by atoms with Crippen molar-refractivity contribution < 1.29 is 31.5 Å². The van der Waals surface area contributed by atoms with Gasteiger partial charge in [-0.3, -0.25) is 9.59 Å². The molecule has 1 fully saturated rings. The van der Waals surface area contributed by atoms with E-state index in [9.17, 15) is 26.8 Å². The molecule has 7 nitrogen and oxygen atoms in total. The number of rotatable bonds is 3. The van der Waals surface area contributed by atoms with Gasteiger partial charge in [-0.05, 0) is 24.6 Å². The van der Waals surface area contributed by atoms with Gasteiger partial charge in [0, 0.05) is 18.5 Å². The first kappa shape index (κ1) is 21.8. The van der Waals surface area contributed by atoms with Crippen LogP contribution in [0.1, 0.15) is 18.6 Å². The van der Waals surface area contributed by atoms with Gasteiger partial charge in [0.1, 0.15) is 22.6 Å². The molecule has 2 aromatic carbocycles. The first-order valence-corrected chi connectivity index (χ1v) is 10.9. The molecule has 2 amide bonds. The Morgan fingerprint density at radius 2 is 1.70 bits per heavy atom. The second kappa shape index (κ2) is 8.49. The normalized spacial score (nSPS) is 19.4. The quantitative estimate of drug-likeness (QED) is 0.743. The number of hydrogen-bond acceptors (Lipinski definition) is 5. The lowest BCUT2D eigenvalue weighted by atomic mass is 10.1. The van der Waals surface area contributed by atoms with Gasteiger partial charge in [0.2, 0.25) is 0 Å². The highest BCUT2D eigenvalue weighted by atomic mass is 32.2. The molecule has 1 saturated heterocycles. The van der Waals surface area contributed by atoms with E-state index in [0.29, 0.717) is 18.4 Å². The van der Waals surface area contributed by atoms with Gasteiger partial charge in [-0.15, -0.1) is 0 Å². The fourth-order valence-corrected chi connectivity index (χ4v) is 4.11. The number of nitrogens with zero attached hydrogens (tertiary/aromatic N) is 1. The van der Waals surface area contributed by atoms with Crippen LogP contribution in [-0.4, -0.2) is 50.6 Å². The predicted octanol–water partition coefficient (Wildman–Crippen LogP) is 2.30. The molecule has 0 spiro atoms. The molecule has 2 atom stereocenters. The van der Waals surface area contributed by atoms with Crippen molar-refractivity contribution in [2.24, 2.45) is 0 Å². The van der Waals surface area contributed by atoms with Crippen molar-refractivity contribution in [3.05, 3.63) is 59.7 Å². The summed E-state index contributed by atoms with van der Waals surface area (Å²) in [6.45, 7) is 2.07. The van der Waals surface area contributed by atoms with E-state index in [2.05, 4.69) is 5.32 Å². The van der Waals surface area contributed by atoms with Crippen LogP contribution < -0.4 is 5.32 Å². The average Bonchev–Trinajstić information content (AvgIpc) is 2.65. The van der Waals surface area contributed by atoms with Crippen LogP contribution in [0.15, 0.2) is 47.4 Å². The highest BCUT2D eigenvalue weighted by molar-refractivity contribution is 7.90. The summed E-state index contributed by atoms with van der Waals surface area (Å²) >= 11 is 0. The van der Waals surface area contributed by atoms with Crippen LogP contribution in [-0.2, 0) is 24.2 Å². The predicted molar refractivity (Wildman–Crippen MR) is 104 cm³/mol. The van der Waals surface area contributed by atoms with Crippen LogP contribution in [0.25, 0.3) is 0 Å². The van der Waals surface area contributed by atoms with Gasteiger partial charge in [0.05, 0.1) is 12.6 Å². The fourth-order valence-electron chi connectivity index (χ4n) is 3.28. The molecule has 0 bridgehead atoms. The molecule has 1 heterocycles. The molecule has 30 heavy (non-hydrogen) atoms. The first-order chi connectivity index (χ1) is 14.1. The van der Waals surface area contributed by atoms with E-state index >= 15 is 0 Å². The van der Waals surface area contributed by atoms with Crippen LogP contribution in [0.5, 0.6) is 0 Å². The van der Waals surface area contributed by atoms with E-state index in [4.69, 9.17) is 4.74 Å². The molecule has 3 rings (SSSR count). The molecule has 0 unspecified atom stereocenters. The summed E-state index contributed by atoms with van der Waals surface area (Å²) in [5.41, 5.74) is 0.486. The Morgan fingerprint density at radius 1 is 1.10 bits per heavy atom. The number of anilines is 1. The maximum absolute atomic E-state index is 14.0. The fraction of sp³-hybridized carbons (Fsp3) is 0.300. The minimum absolute atomic E-state index is 0.135. The van der Waals surface area contributed by atoms with E-state index in [-0.39, 0.29) is 24.9 Å². The van der Waals surface area contributed by atoms with Crippen LogP contribution in [0.3, 0.4) is 0 Å². The Labute approximate surface area is 172 Å². The largest absolute Gasteiger partial charge is 0.367 e. The monoisotopic (exact) mass is 438 g/mol. The Kier molecular flexibility index (Phi) is 6.18. The zero-order chi connectivity index (χ0) is 22.1. The molecule has 160 valence electrons. The van der Waals surface area contributed by atoms with Crippen molar-refractivity contribution in [1.29, 1.82) is 0 Å². The lowest BCUT2D eigenvalue weighted by Gasteiger charge is -2.36. The van der Waals surface area contributed by atoms with Crippen LogP contribution in [0.4, 0.5) is 14.5 Å². The van der Waals surface area contributed by atoms with Gasteiger partial charge in [-0.2, -0.15) is 0 Å². The van der Waals surface area contributed by atoms with E-state index in [1.54, 1.807) is 6.92 Å². The first-order valence-electron chi connectivity index (χ1n) is 9.06. The van der Waals surface area contributed by atoms with Crippen molar-refractivity contribution in [1.82, 2.24) is 4.90 Å². The van der Waals surface area contributed by atoms with Crippen LogP contribution in [0.2, 0.25) is 0 Å². The van der Waals surface area contributed by atoms with Gasteiger partial charge in [0.15, 0.2) is 9.84 Å². The summed E-state index contributed by atoms with van der Waals surface area (Å²) in [5.74, 6) is -4.70. The Hall–Kier alpha value is -2.85. The number of amides is 2. The molecule has 0 saturated carbocycles. The van der Waals surface area contributed by atoms with Gasteiger partial charge in [-0.1, -0.05) is 30.3 Å². The summed E-state index contributed by atoms with van der Waals surface area (Å²) in [5, 5.41) is 2.12. The van der Waals surface area contributed by atoms with Gasteiger partial charge >= 0.3 is 11.8 Å². The third kappa shape index (κ3) is 4.82. The number of carbonyl (C=O) groups excluding carboxylic acids is 2. The molecule has 1 N–H and O–H groups in total. The third-order valence-electron chi connectivity index (χ3n) is 4.54. The summed E-state index contributed by atoms with van der Waals surface area (Å²) in [4.78, 5) is 25.2. The zero-order valence-electron chi connectivity index (χ0n) is 16.3. The number of hydrogen-bond donors (Lipinski definition) is 1. The second-order valence-corrected chi connectivity index (χ2v) is 9.00. The van der Waals surface area contributed by atoms with Gasteiger partial charge < -0.3 is 15.0 Å². The molecule has 1 aliphatic heterocycles. The number of sulfone groups is 1. The van der Waals surface area contributed by atoms with E-state index in [1.165, 1.54) is 4.90 Å². The molecule has 2 aromatic rings. The standard InChI is InChI=1S/C20H20F2N2O5S/c1-12-10-24(11-17(29-12)13-6-4-3-5-7-13)20(26)19(25)23-14-8-15(21)18(16(22)9-14)30(2,27)28/h3-9,12,17H,10-11H2,1-2H3,(H,23,25)/t12-,17+/m0/s1. The van der Waals surface area contributed by atoms with Crippen molar-refractivity contribution in [2.75, 3.05) is 24.7 Å². The van der Waals surface area contributed by atoms with E-state index in [0.717, 1.165) is 5.56 Å². The molecular weight excluding hydrogens is 418 g/mol. The average molecular weight is 438 g/mol. The number of halogens is 2. The molecule has 0 aromatic heterocycles. The van der Waals surface area contributed by atoms with Crippen molar-refractivity contribution in [3.8, 4) is 0 Å². The number of benzene rings is 2. The van der Waals surface area contributed by atoms with Crippen molar-refractivity contribution in [3.63, 3.8) is 0 Å². The minimum Gasteiger partial charge on any atom is -0.367 e. The van der Waals surface area contributed by atoms with Crippen LogP contribution >= 0.6 is 0 Å². The Morgan fingerprint density at radius 3 is 2.27 bits per heavy atom. The highest BCUT2D eigenvalue weighted by Crippen LogP contribution is 2.26. The topological polar surface area (TPSA) is 92.8 Å². The smallest absolute Gasteiger partial charge is 0.313 e. The summed E-state index contributed by atoms with van der Waals surface area (Å²) < 4.78 is 56.8. The molecule has 0 radical (unpaired) electrons. The number of morpholine rings is 1. The summed E-state index contributed by atoms with van der Waals surface area (Å²) in [6, 6.07) is 10.5. The van der Waals surface area contributed by atoms with E-state index in [1.807, 2.05) is 30.3 Å². The molecule has 1 aliphatic rings. The second-order valence-electron chi connectivity index (χ2n) is 7.05. The maximum Gasteiger partial charge on any atom is 0.313 e. The Balaban J connectivity index is 1.75. The molecule has 10 heteroatoms. The number of ether oxygens (including phenoxy) is 1. The lowest BCUT2D eigenvalue weighted by Crippen LogP contribution is -2.49. The SMILES string of the molecule is C[C@H]1CN(C(=O)C(=O)Nc2cc(F)c(S(C)(=O)=O)c(F)c2)C[C@H](c2ccccc2)O1. The Bertz CT molecular complexity index is 1050. The molecular formula is C20H20F2N2O5S. The number of nitrogens with one attached hydrogen (secondary N) is 1. The third-order valence-corrected chi connectivity index (χ3v) is 5.67. The number of carbonyl (C=O) groups is 2. The zero-order valence-corrected chi connectivity index (χ0v) is 17.1. The minimum atomic E-state index is -4.13. The summed E-state index contributed by atoms with van der Waals surface area (Å²) in [7, 11) is -4.13. The van der Waals surface area contributed by atoms with Crippen molar-refractivity contribution in [2.45, 2.75) is 24.0 Å². The maximum atomic E-state index is 14.0. The van der Waals surface area contributed by atoms with E-state index < -0.39 is 44.3 Å². The van der Waals surface area contributed by atoms with Crippen LogP contribution in [0, 0.1) is 11.6 Å².